The second-order valence-corrected chi connectivity index (χ2v) is 6.31. The average Bonchev–Trinajstić information content (AvgIpc) is 3.02. The molecule has 0 radical (unpaired) electrons. The topological polar surface area (TPSA) is 52.3 Å². The lowest BCUT2D eigenvalue weighted by Gasteiger charge is -2.04. The summed E-state index contributed by atoms with van der Waals surface area (Å²) in [4.78, 5) is 16.4. The number of para-hydroxylation sites is 2. The molecule has 3 aromatic rings. The molecule has 122 valence electrons. The summed E-state index contributed by atoms with van der Waals surface area (Å²) in [7, 11) is 1.36. The first kappa shape index (κ1) is 16.6. The molecule has 0 bridgehead atoms. The molecule has 0 spiro atoms. The summed E-state index contributed by atoms with van der Waals surface area (Å²) in [5.41, 5.74) is 2.91. The monoisotopic (exact) mass is 359 g/mol. The second-order valence-electron chi connectivity index (χ2n) is 4.95. The Morgan fingerprint density at radius 2 is 2.00 bits per heavy atom. The molecular weight excluding hydrogens is 346 g/mol. The van der Waals surface area contributed by atoms with Crippen LogP contribution in [0.4, 0.5) is 0 Å². The number of benzene rings is 2. The molecule has 3 rings (SSSR count). The number of carbonyl (C=O) groups is 1. The predicted octanol–water partition coefficient (Wildman–Crippen LogP) is 4.83. The van der Waals surface area contributed by atoms with Crippen LogP contribution in [0.1, 0.15) is 5.56 Å². The zero-order chi connectivity index (χ0) is 16.9. The van der Waals surface area contributed by atoms with E-state index in [2.05, 4.69) is 4.98 Å². The summed E-state index contributed by atoms with van der Waals surface area (Å²) in [5.74, 6) is 0.0100. The van der Waals surface area contributed by atoms with Gasteiger partial charge in [0.1, 0.15) is 5.52 Å². The summed E-state index contributed by atoms with van der Waals surface area (Å²) >= 11 is 7.23. The van der Waals surface area contributed by atoms with Crippen LogP contribution in [0.2, 0.25) is 5.02 Å². The number of oxazole rings is 1. The highest BCUT2D eigenvalue weighted by Gasteiger charge is 2.13. The smallest absolute Gasteiger partial charge is 0.334 e. The Hall–Kier alpha value is -2.24. The molecule has 0 saturated heterocycles. The number of hydrogen-bond acceptors (Lipinski definition) is 5. The van der Waals surface area contributed by atoms with Crippen LogP contribution in [-0.2, 0) is 9.53 Å². The third-order valence-corrected chi connectivity index (χ3v) is 4.41. The van der Waals surface area contributed by atoms with E-state index in [0.29, 0.717) is 21.6 Å². The van der Waals surface area contributed by atoms with Crippen LogP contribution in [0.3, 0.4) is 0 Å². The van der Waals surface area contributed by atoms with Crippen molar-refractivity contribution in [2.45, 2.75) is 5.22 Å². The van der Waals surface area contributed by atoms with Gasteiger partial charge >= 0.3 is 5.97 Å². The van der Waals surface area contributed by atoms with Gasteiger partial charge in [0, 0.05) is 16.3 Å². The molecule has 0 N–H and O–H groups in total. The Bertz CT molecular complexity index is 854. The van der Waals surface area contributed by atoms with Crippen molar-refractivity contribution in [3.63, 3.8) is 0 Å². The van der Waals surface area contributed by atoms with E-state index in [-0.39, 0.29) is 5.97 Å². The maximum atomic E-state index is 12.0. The number of carbonyl (C=O) groups excluding carboxylic acids is 1. The minimum Gasteiger partial charge on any atom is -0.466 e. The van der Waals surface area contributed by atoms with Crippen LogP contribution < -0.4 is 0 Å². The van der Waals surface area contributed by atoms with Crippen LogP contribution in [-0.4, -0.2) is 23.8 Å². The number of ether oxygens (including phenoxy) is 1. The fourth-order valence-electron chi connectivity index (χ4n) is 2.10. The molecule has 2 aromatic carbocycles. The first-order valence-corrected chi connectivity index (χ1v) is 8.55. The molecule has 0 saturated carbocycles. The summed E-state index contributed by atoms with van der Waals surface area (Å²) < 4.78 is 10.5. The maximum Gasteiger partial charge on any atom is 0.334 e. The van der Waals surface area contributed by atoms with E-state index in [1.54, 1.807) is 18.2 Å². The SMILES string of the molecule is COC(=O)/C(=C/c1ccc(Cl)cc1)CSc1nc2ccccc2o1. The van der Waals surface area contributed by atoms with Gasteiger partial charge in [0.2, 0.25) is 0 Å². The predicted molar refractivity (Wildman–Crippen MR) is 96.2 cm³/mol. The first-order valence-electron chi connectivity index (χ1n) is 7.18. The van der Waals surface area contributed by atoms with Crippen molar-refractivity contribution < 1.29 is 13.9 Å². The molecule has 0 atom stereocenters. The van der Waals surface area contributed by atoms with Crippen LogP contribution >= 0.6 is 23.4 Å². The molecule has 6 heteroatoms. The van der Waals surface area contributed by atoms with Crippen molar-refractivity contribution in [2.24, 2.45) is 0 Å². The van der Waals surface area contributed by atoms with E-state index in [4.69, 9.17) is 20.8 Å². The van der Waals surface area contributed by atoms with E-state index in [9.17, 15) is 4.79 Å². The third kappa shape index (κ3) is 3.99. The zero-order valence-electron chi connectivity index (χ0n) is 12.9. The molecule has 0 aliphatic carbocycles. The second kappa shape index (κ2) is 7.55. The highest BCUT2D eigenvalue weighted by molar-refractivity contribution is 7.99. The Kier molecular flexibility index (Phi) is 5.23. The van der Waals surface area contributed by atoms with Gasteiger partial charge in [0.05, 0.1) is 7.11 Å². The highest BCUT2D eigenvalue weighted by atomic mass is 35.5. The van der Waals surface area contributed by atoms with E-state index >= 15 is 0 Å². The van der Waals surface area contributed by atoms with Gasteiger partial charge in [-0.05, 0) is 35.9 Å². The number of hydrogen-bond donors (Lipinski definition) is 0. The summed E-state index contributed by atoms with van der Waals surface area (Å²) in [6.07, 6.45) is 1.78. The van der Waals surface area contributed by atoms with Crippen LogP contribution in [0.5, 0.6) is 0 Å². The van der Waals surface area contributed by atoms with E-state index in [1.807, 2.05) is 36.4 Å². The Morgan fingerprint density at radius 3 is 2.71 bits per heavy atom. The molecule has 4 nitrogen and oxygen atoms in total. The maximum absolute atomic E-state index is 12.0. The van der Waals surface area contributed by atoms with Crippen LogP contribution in [0.15, 0.2) is 63.7 Å². The van der Waals surface area contributed by atoms with Gasteiger partial charge in [-0.15, -0.1) is 0 Å². The first-order chi connectivity index (χ1) is 11.7. The van der Waals surface area contributed by atoms with Crippen molar-refractivity contribution >= 4 is 46.5 Å². The Morgan fingerprint density at radius 1 is 1.25 bits per heavy atom. The molecule has 0 aliphatic heterocycles. The molecule has 0 fully saturated rings. The van der Waals surface area contributed by atoms with Gasteiger partial charge < -0.3 is 9.15 Å². The number of esters is 1. The van der Waals surface area contributed by atoms with Gasteiger partial charge in [-0.2, -0.15) is 0 Å². The highest BCUT2D eigenvalue weighted by Crippen LogP contribution is 2.26. The number of thioether (sulfide) groups is 1. The van der Waals surface area contributed by atoms with E-state index in [0.717, 1.165) is 16.7 Å². The molecule has 0 amide bonds. The number of halogens is 1. The van der Waals surface area contributed by atoms with Crippen molar-refractivity contribution in [1.82, 2.24) is 4.98 Å². The van der Waals surface area contributed by atoms with Gasteiger partial charge in [0.15, 0.2) is 5.58 Å². The summed E-state index contributed by atoms with van der Waals surface area (Å²) in [5, 5.41) is 1.16. The lowest BCUT2D eigenvalue weighted by Crippen LogP contribution is -2.06. The lowest BCUT2D eigenvalue weighted by molar-refractivity contribution is -0.135. The number of nitrogens with zero attached hydrogens (tertiary/aromatic N) is 1. The van der Waals surface area contributed by atoms with E-state index < -0.39 is 0 Å². The molecule has 1 heterocycles. The van der Waals surface area contributed by atoms with Gasteiger partial charge in [-0.1, -0.05) is 47.6 Å². The number of aromatic nitrogens is 1. The van der Waals surface area contributed by atoms with Crippen LogP contribution in [0.25, 0.3) is 17.2 Å². The number of methoxy groups -OCH3 is 1. The van der Waals surface area contributed by atoms with Gasteiger partial charge in [-0.3, -0.25) is 0 Å². The minimum atomic E-state index is -0.381. The molecule has 0 unspecified atom stereocenters. The lowest BCUT2D eigenvalue weighted by atomic mass is 10.1. The van der Waals surface area contributed by atoms with Crippen molar-refractivity contribution in [2.75, 3.05) is 12.9 Å². The van der Waals surface area contributed by atoms with Gasteiger partial charge in [-0.25, -0.2) is 9.78 Å². The minimum absolute atomic E-state index is 0.381. The molecule has 24 heavy (non-hydrogen) atoms. The summed E-state index contributed by atoms with van der Waals surface area (Å²) in [6, 6.07) is 14.8. The van der Waals surface area contributed by atoms with E-state index in [1.165, 1.54) is 18.9 Å². The summed E-state index contributed by atoms with van der Waals surface area (Å²) in [6.45, 7) is 0. The number of rotatable bonds is 5. The van der Waals surface area contributed by atoms with Crippen molar-refractivity contribution in [3.8, 4) is 0 Å². The average molecular weight is 360 g/mol. The normalized spacial score (nSPS) is 11.7. The quantitative estimate of drug-likeness (QED) is 0.371. The number of fused-ring (bicyclic) bond motifs is 1. The van der Waals surface area contributed by atoms with Gasteiger partial charge in [0.25, 0.3) is 5.22 Å². The Balaban J connectivity index is 1.79. The fraction of sp³-hybridized carbons (Fsp3) is 0.111. The van der Waals surface area contributed by atoms with Crippen molar-refractivity contribution in [1.29, 1.82) is 0 Å². The fourth-order valence-corrected chi connectivity index (χ4v) is 3.02. The molecule has 0 aliphatic rings. The molecule has 1 aromatic heterocycles. The largest absolute Gasteiger partial charge is 0.466 e. The van der Waals surface area contributed by atoms with Crippen LogP contribution in [0, 0.1) is 0 Å². The standard InChI is InChI=1S/C18H14ClNO3S/c1-22-17(21)13(10-12-6-8-14(19)9-7-12)11-24-18-20-15-4-2-3-5-16(15)23-18/h2-10H,11H2,1H3/b13-10+. The third-order valence-electron chi connectivity index (χ3n) is 3.28. The Labute approximate surface area is 148 Å². The van der Waals surface area contributed by atoms with Crippen molar-refractivity contribution in [3.05, 3.63) is 64.7 Å². The molecular formula is C18H14ClNO3S. The zero-order valence-corrected chi connectivity index (χ0v) is 14.4.